The van der Waals surface area contributed by atoms with Gasteiger partial charge in [0, 0.05) is 26.1 Å². The third-order valence-electron chi connectivity index (χ3n) is 2.86. The number of ether oxygens (including phenoxy) is 1. The van der Waals surface area contributed by atoms with Crippen LogP contribution in [0.3, 0.4) is 0 Å². The van der Waals surface area contributed by atoms with Crippen molar-refractivity contribution in [3.8, 4) is 0 Å². The van der Waals surface area contributed by atoms with Gasteiger partial charge in [-0.2, -0.15) is 18.3 Å². The molecule has 1 unspecified atom stereocenters. The van der Waals surface area contributed by atoms with Gasteiger partial charge in [0.15, 0.2) is 0 Å². The average Bonchev–Trinajstić information content (AvgIpc) is 2.61. The van der Waals surface area contributed by atoms with Gasteiger partial charge in [-0.1, -0.05) is 18.5 Å². The number of aromatic nitrogens is 2. The zero-order chi connectivity index (χ0) is 15.3. The van der Waals surface area contributed by atoms with Crippen LogP contribution in [0.15, 0.2) is 0 Å². The van der Waals surface area contributed by atoms with E-state index in [1.807, 2.05) is 6.92 Å². The first-order chi connectivity index (χ1) is 9.24. The third kappa shape index (κ3) is 5.30. The Hall–Kier alpha value is -0.790. The van der Waals surface area contributed by atoms with E-state index in [1.165, 1.54) is 0 Å². The molecule has 0 radical (unpaired) electrons. The second-order valence-corrected chi connectivity index (χ2v) is 4.98. The fourth-order valence-electron chi connectivity index (χ4n) is 1.81. The van der Waals surface area contributed by atoms with Crippen LogP contribution in [-0.2, 0) is 24.6 Å². The molecule has 0 aliphatic heterocycles. The van der Waals surface area contributed by atoms with Gasteiger partial charge in [-0.3, -0.25) is 4.68 Å². The highest BCUT2D eigenvalue weighted by Gasteiger charge is 2.27. The molecule has 1 rings (SSSR count). The van der Waals surface area contributed by atoms with Crippen molar-refractivity contribution >= 4 is 11.6 Å². The first-order valence-corrected chi connectivity index (χ1v) is 6.72. The predicted octanol–water partition coefficient (Wildman–Crippen LogP) is 2.47. The quantitative estimate of drug-likeness (QED) is 0.787. The number of aryl methyl sites for hydroxylation is 2. The number of nitrogens with zero attached hydrogens (tertiary/aromatic N) is 2. The molecule has 0 saturated heterocycles. The molecule has 1 aromatic heterocycles. The molecule has 0 aliphatic carbocycles. The summed E-state index contributed by atoms with van der Waals surface area (Å²) >= 11 is 6.18. The lowest BCUT2D eigenvalue weighted by atomic mass is 10.1. The van der Waals surface area contributed by atoms with E-state index < -0.39 is 12.8 Å². The number of nitrogens with two attached hydrogens (primary N) is 1. The van der Waals surface area contributed by atoms with Gasteiger partial charge >= 0.3 is 6.18 Å². The summed E-state index contributed by atoms with van der Waals surface area (Å²) in [5.41, 5.74) is 7.48. The molecular formula is C12H19ClF3N3O. The largest absolute Gasteiger partial charge is 0.411 e. The normalized spacial score (nSPS) is 13.8. The van der Waals surface area contributed by atoms with Crippen molar-refractivity contribution in [3.63, 3.8) is 0 Å². The predicted molar refractivity (Wildman–Crippen MR) is 70.8 cm³/mol. The lowest BCUT2D eigenvalue weighted by Gasteiger charge is -2.13. The van der Waals surface area contributed by atoms with E-state index in [-0.39, 0.29) is 12.6 Å². The molecule has 0 aromatic carbocycles. The van der Waals surface area contributed by atoms with Crippen molar-refractivity contribution in [2.75, 3.05) is 13.2 Å². The molecule has 1 aromatic rings. The van der Waals surface area contributed by atoms with E-state index in [0.717, 1.165) is 17.8 Å². The van der Waals surface area contributed by atoms with Crippen LogP contribution < -0.4 is 5.73 Å². The van der Waals surface area contributed by atoms with Gasteiger partial charge in [-0.15, -0.1) is 0 Å². The van der Waals surface area contributed by atoms with E-state index in [2.05, 4.69) is 9.84 Å². The monoisotopic (exact) mass is 313 g/mol. The maximum absolute atomic E-state index is 11.9. The number of rotatable bonds is 7. The smallest absolute Gasteiger partial charge is 0.372 e. The summed E-state index contributed by atoms with van der Waals surface area (Å²) in [5, 5.41) is 4.84. The molecule has 1 atom stereocenters. The van der Waals surface area contributed by atoms with Crippen LogP contribution >= 0.6 is 11.6 Å². The number of alkyl halides is 3. The lowest BCUT2D eigenvalue weighted by molar-refractivity contribution is -0.174. The van der Waals surface area contributed by atoms with Crippen LogP contribution in [0.4, 0.5) is 13.2 Å². The van der Waals surface area contributed by atoms with Crippen LogP contribution in [0.5, 0.6) is 0 Å². The van der Waals surface area contributed by atoms with Gasteiger partial charge < -0.3 is 10.5 Å². The fourth-order valence-corrected chi connectivity index (χ4v) is 2.19. The molecule has 4 nitrogen and oxygen atoms in total. The molecule has 0 fully saturated rings. The van der Waals surface area contributed by atoms with Crippen molar-refractivity contribution in [1.29, 1.82) is 0 Å². The third-order valence-corrected chi connectivity index (χ3v) is 3.29. The van der Waals surface area contributed by atoms with Crippen molar-refractivity contribution < 1.29 is 17.9 Å². The molecule has 2 N–H and O–H groups in total. The molecule has 0 saturated carbocycles. The summed E-state index contributed by atoms with van der Waals surface area (Å²) in [6, 6.07) is -0.319. The van der Waals surface area contributed by atoms with E-state index in [1.54, 1.807) is 11.7 Å². The minimum absolute atomic E-state index is 0.0310. The van der Waals surface area contributed by atoms with Gasteiger partial charge in [0.1, 0.15) is 6.61 Å². The minimum Gasteiger partial charge on any atom is -0.372 e. The van der Waals surface area contributed by atoms with Crippen LogP contribution in [0.2, 0.25) is 5.02 Å². The average molecular weight is 314 g/mol. The molecule has 20 heavy (non-hydrogen) atoms. The van der Waals surface area contributed by atoms with E-state index in [4.69, 9.17) is 17.3 Å². The van der Waals surface area contributed by atoms with E-state index in [9.17, 15) is 13.2 Å². The Labute approximate surface area is 121 Å². The van der Waals surface area contributed by atoms with Gasteiger partial charge in [-0.05, 0) is 12.8 Å². The molecule has 8 heteroatoms. The van der Waals surface area contributed by atoms with Crippen molar-refractivity contribution in [1.82, 2.24) is 9.78 Å². The molecule has 0 amide bonds. The lowest BCUT2D eigenvalue weighted by Crippen LogP contribution is -2.27. The summed E-state index contributed by atoms with van der Waals surface area (Å²) in [6.07, 6.45) is -2.79. The molecular weight excluding hydrogens is 295 g/mol. The standard InChI is InChI=1S/C12H19ClF3N3O/c1-3-9-11(13)10(19(2)18-9)6-8(17)4-5-20-7-12(14,15)16/h8H,3-7,17H2,1-2H3. The van der Waals surface area contributed by atoms with Crippen molar-refractivity contribution in [2.24, 2.45) is 12.8 Å². The number of hydrogen-bond donors (Lipinski definition) is 1. The maximum atomic E-state index is 11.9. The van der Waals surface area contributed by atoms with Crippen molar-refractivity contribution in [2.45, 2.75) is 38.4 Å². The summed E-state index contributed by atoms with van der Waals surface area (Å²) < 4.78 is 41.9. The van der Waals surface area contributed by atoms with E-state index >= 15 is 0 Å². The number of halogens is 4. The highest BCUT2D eigenvalue weighted by atomic mass is 35.5. The second-order valence-electron chi connectivity index (χ2n) is 4.61. The Kier molecular flexibility index (Phi) is 6.29. The highest BCUT2D eigenvalue weighted by molar-refractivity contribution is 6.31. The second kappa shape index (κ2) is 7.28. The Morgan fingerprint density at radius 1 is 1.45 bits per heavy atom. The van der Waals surface area contributed by atoms with Crippen molar-refractivity contribution in [3.05, 3.63) is 16.4 Å². The summed E-state index contributed by atoms with van der Waals surface area (Å²) in [7, 11) is 1.77. The summed E-state index contributed by atoms with van der Waals surface area (Å²) in [6.45, 7) is 0.672. The zero-order valence-electron chi connectivity index (χ0n) is 11.5. The first-order valence-electron chi connectivity index (χ1n) is 6.35. The van der Waals surface area contributed by atoms with Crippen LogP contribution in [-0.4, -0.2) is 35.2 Å². The van der Waals surface area contributed by atoms with Crippen LogP contribution in [0.1, 0.15) is 24.7 Å². The van der Waals surface area contributed by atoms with Gasteiger partial charge in [-0.25, -0.2) is 0 Å². The molecule has 0 spiro atoms. The zero-order valence-corrected chi connectivity index (χ0v) is 12.3. The Balaban J connectivity index is 2.43. The molecule has 0 aliphatic rings. The highest BCUT2D eigenvalue weighted by Crippen LogP contribution is 2.22. The van der Waals surface area contributed by atoms with Gasteiger partial charge in [0.05, 0.1) is 16.4 Å². The Morgan fingerprint density at radius 2 is 2.10 bits per heavy atom. The minimum atomic E-state index is -4.30. The SMILES string of the molecule is CCc1nn(C)c(CC(N)CCOCC(F)(F)F)c1Cl. The summed E-state index contributed by atoms with van der Waals surface area (Å²) in [4.78, 5) is 0. The van der Waals surface area contributed by atoms with Crippen LogP contribution in [0.25, 0.3) is 0 Å². The Bertz CT molecular complexity index is 434. The summed E-state index contributed by atoms with van der Waals surface area (Å²) in [5.74, 6) is 0. The fraction of sp³-hybridized carbons (Fsp3) is 0.750. The molecule has 1 heterocycles. The maximum Gasteiger partial charge on any atom is 0.411 e. The topological polar surface area (TPSA) is 53.1 Å². The van der Waals surface area contributed by atoms with Gasteiger partial charge in [0.2, 0.25) is 0 Å². The molecule has 116 valence electrons. The van der Waals surface area contributed by atoms with Gasteiger partial charge in [0.25, 0.3) is 0 Å². The molecule has 0 bridgehead atoms. The Morgan fingerprint density at radius 3 is 2.60 bits per heavy atom. The number of hydrogen-bond acceptors (Lipinski definition) is 3. The van der Waals surface area contributed by atoms with E-state index in [0.29, 0.717) is 17.9 Å². The first kappa shape index (κ1) is 17.3. The van der Waals surface area contributed by atoms with Crippen LogP contribution in [0, 0.1) is 0 Å².